The lowest BCUT2D eigenvalue weighted by atomic mass is 10.2. The number of hydrogen-bond acceptors (Lipinski definition) is 5. The Balaban J connectivity index is 2.21. The van der Waals surface area contributed by atoms with Gasteiger partial charge in [-0.25, -0.2) is 0 Å². The van der Waals surface area contributed by atoms with Gasteiger partial charge < -0.3 is 10.1 Å². The monoisotopic (exact) mass is 317 g/mol. The van der Waals surface area contributed by atoms with Gasteiger partial charge in [0.05, 0.1) is 24.1 Å². The van der Waals surface area contributed by atoms with Crippen LogP contribution in [-0.4, -0.2) is 30.2 Å². The molecule has 0 aliphatic carbocycles. The van der Waals surface area contributed by atoms with E-state index in [4.69, 9.17) is 27.9 Å². The first-order chi connectivity index (χ1) is 9.10. The summed E-state index contributed by atoms with van der Waals surface area (Å²) in [6, 6.07) is 3.24. The van der Waals surface area contributed by atoms with Crippen molar-refractivity contribution in [1.29, 1.82) is 0 Å². The van der Waals surface area contributed by atoms with E-state index in [0.29, 0.717) is 32.3 Å². The first kappa shape index (κ1) is 14.2. The summed E-state index contributed by atoms with van der Waals surface area (Å²) in [5, 5.41) is 11.7. The third-order valence-electron chi connectivity index (χ3n) is 2.17. The summed E-state index contributed by atoms with van der Waals surface area (Å²) in [6.07, 6.45) is 1.47. The molecular formula is C11H9Cl2N3O2S. The highest BCUT2D eigenvalue weighted by Gasteiger charge is 2.16. The molecule has 1 aliphatic heterocycles. The number of nitrogens with zero attached hydrogens (tertiary/aromatic N) is 2. The molecule has 0 atom stereocenters. The van der Waals surface area contributed by atoms with Crippen LogP contribution in [0, 0.1) is 0 Å². The lowest BCUT2D eigenvalue weighted by Gasteiger charge is -2.06. The average molecular weight is 318 g/mol. The molecule has 1 N–H and O–H groups in total. The fourth-order valence-corrected chi connectivity index (χ4v) is 2.63. The molecule has 1 fully saturated rings. The molecule has 2 rings (SSSR count). The molecule has 0 unspecified atom stereocenters. The number of amides is 1. The van der Waals surface area contributed by atoms with E-state index in [1.807, 2.05) is 0 Å². The highest BCUT2D eigenvalue weighted by molar-refractivity contribution is 8.15. The van der Waals surface area contributed by atoms with Gasteiger partial charge in [0, 0.05) is 10.6 Å². The third-order valence-corrected chi connectivity index (χ3v) is 3.54. The molecule has 8 heteroatoms. The fraction of sp³-hybridized carbons (Fsp3) is 0.182. The van der Waals surface area contributed by atoms with Crippen molar-refractivity contribution in [3.8, 4) is 5.75 Å². The number of thioether (sulfide) groups is 1. The van der Waals surface area contributed by atoms with Gasteiger partial charge in [0.2, 0.25) is 5.91 Å². The molecule has 19 heavy (non-hydrogen) atoms. The minimum atomic E-state index is -0.0812. The van der Waals surface area contributed by atoms with E-state index in [9.17, 15) is 4.79 Å². The van der Waals surface area contributed by atoms with Crippen molar-refractivity contribution in [1.82, 2.24) is 5.32 Å². The zero-order chi connectivity index (χ0) is 13.8. The Morgan fingerprint density at radius 3 is 2.89 bits per heavy atom. The second-order valence-corrected chi connectivity index (χ2v) is 5.30. The summed E-state index contributed by atoms with van der Waals surface area (Å²) in [5.41, 5.74) is 0.610. The fourth-order valence-electron chi connectivity index (χ4n) is 1.41. The Morgan fingerprint density at radius 2 is 2.26 bits per heavy atom. The molecule has 1 saturated heterocycles. The van der Waals surface area contributed by atoms with Crippen molar-refractivity contribution in [2.24, 2.45) is 10.2 Å². The van der Waals surface area contributed by atoms with E-state index < -0.39 is 0 Å². The zero-order valence-corrected chi connectivity index (χ0v) is 12.1. The Labute approximate surface area is 124 Å². The van der Waals surface area contributed by atoms with Crippen LogP contribution in [0.1, 0.15) is 5.56 Å². The van der Waals surface area contributed by atoms with Gasteiger partial charge in [-0.15, -0.1) is 5.10 Å². The number of methoxy groups -OCH3 is 1. The standard InChI is InChI=1S/C11H9Cl2N3O2S/c1-18-10-6(2-7(12)3-8(10)13)4-14-16-11-15-9(17)5-19-11/h2-4H,5H2,1H3,(H,15,16,17)/b14-4-. The van der Waals surface area contributed by atoms with Crippen LogP contribution in [0.15, 0.2) is 22.3 Å². The molecule has 1 aromatic rings. The highest BCUT2D eigenvalue weighted by atomic mass is 35.5. The predicted octanol–water partition coefficient (Wildman–Crippen LogP) is 2.55. The van der Waals surface area contributed by atoms with Crippen LogP contribution in [-0.2, 0) is 4.79 Å². The van der Waals surface area contributed by atoms with Gasteiger partial charge in [0.1, 0.15) is 5.75 Å². The maximum absolute atomic E-state index is 11.0. The van der Waals surface area contributed by atoms with E-state index in [2.05, 4.69) is 15.5 Å². The molecule has 0 radical (unpaired) electrons. The quantitative estimate of drug-likeness (QED) is 0.688. The number of amidine groups is 1. The first-order valence-corrected chi connectivity index (χ1v) is 6.91. The molecule has 0 aromatic heterocycles. The molecule has 0 bridgehead atoms. The van der Waals surface area contributed by atoms with Crippen LogP contribution < -0.4 is 10.1 Å². The molecular weight excluding hydrogens is 309 g/mol. The van der Waals surface area contributed by atoms with Gasteiger partial charge in [-0.2, -0.15) is 5.10 Å². The van der Waals surface area contributed by atoms with Crippen LogP contribution in [0.3, 0.4) is 0 Å². The minimum absolute atomic E-state index is 0.0812. The summed E-state index contributed by atoms with van der Waals surface area (Å²) in [7, 11) is 1.51. The van der Waals surface area contributed by atoms with Gasteiger partial charge in [0.15, 0.2) is 5.17 Å². The van der Waals surface area contributed by atoms with Crippen molar-refractivity contribution in [2.75, 3.05) is 12.9 Å². The Kier molecular flexibility index (Phi) is 4.68. The number of halogens is 2. The summed E-state index contributed by atoms with van der Waals surface area (Å²) < 4.78 is 5.17. The molecule has 1 amide bonds. The largest absolute Gasteiger partial charge is 0.495 e. The van der Waals surface area contributed by atoms with Crippen LogP contribution in [0.2, 0.25) is 10.0 Å². The molecule has 0 spiro atoms. The van der Waals surface area contributed by atoms with Crippen LogP contribution in [0.25, 0.3) is 0 Å². The van der Waals surface area contributed by atoms with E-state index in [1.54, 1.807) is 12.1 Å². The van der Waals surface area contributed by atoms with Crippen molar-refractivity contribution < 1.29 is 9.53 Å². The van der Waals surface area contributed by atoms with Crippen molar-refractivity contribution in [2.45, 2.75) is 0 Å². The van der Waals surface area contributed by atoms with E-state index >= 15 is 0 Å². The zero-order valence-electron chi connectivity index (χ0n) is 9.81. The molecule has 5 nitrogen and oxygen atoms in total. The van der Waals surface area contributed by atoms with Gasteiger partial charge in [-0.1, -0.05) is 35.0 Å². The Hall–Kier alpha value is -1.24. The number of ether oxygens (including phenoxy) is 1. The van der Waals surface area contributed by atoms with E-state index in [0.717, 1.165) is 0 Å². The van der Waals surface area contributed by atoms with Gasteiger partial charge >= 0.3 is 0 Å². The maximum atomic E-state index is 11.0. The topological polar surface area (TPSA) is 63.1 Å². The number of carbonyl (C=O) groups excluding carboxylic acids is 1. The van der Waals surface area contributed by atoms with E-state index in [-0.39, 0.29) is 5.91 Å². The van der Waals surface area contributed by atoms with Crippen LogP contribution in [0.5, 0.6) is 5.75 Å². The number of hydrogen-bond donors (Lipinski definition) is 1. The van der Waals surface area contributed by atoms with Crippen molar-refractivity contribution in [3.63, 3.8) is 0 Å². The Morgan fingerprint density at radius 1 is 1.47 bits per heavy atom. The molecule has 1 aliphatic rings. The number of carbonyl (C=O) groups is 1. The number of nitrogens with one attached hydrogen (secondary N) is 1. The second kappa shape index (κ2) is 6.27. The summed E-state index contributed by atoms with van der Waals surface area (Å²) in [6.45, 7) is 0. The summed E-state index contributed by atoms with van der Waals surface area (Å²) in [5.74, 6) is 0.751. The SMILES string of the molecule is COc1c(Cl)cc(Cl)cc1/C=N\N=C1/NC(=O)CS1. The highest BCUT2D eigenvalue weighted by Crippen LogP contribution is 2.31. The molecule has 1 aromatic carbocycles. The molecule has 1 heterocycles. The average Bonchev–Trinajstić information content (AvgIpc) is 2.74. The van der Waals surface area contributed by atoms with Gasteiger partial charge in [-0.3, -0.25) is 4.79 Å². The van der Waals surface area contributed by atoms with Crippen molar-refractivity contribution in [3.05, 3.63) is 27.7 Å². The second-order valence-electron chi connectivity index (χ2n) is 3.50. The number of rotatable bonds is 3. The molecule has 0 saturated carbocycles. The van der Waals surface area contributed by atoms with Crippen LogP contribution in [0.4, 0.5) is 0 Å². The van der Waals surface area contributed by atoms with E-state index in [1.165, 1.54) is 25.1 Å². The lowest BCUT2D eigenvalue weighted by molar-refractivity contribution is -0.116. The lowest BCUT2D eigenvalue weighted by Crippen LogP contribution is -2.19. The third kappa shape index (κ3) is 3.62. The van der Waals surface area contributed by atoms with Crippen LogP contribution >= 0.6 is 35.0 Å². The van der Waals surface area contributed by atoms with Gasteiger partial charge in [0.25, 0.3) is 0 Å². The number of benzene rings is 1. The van der Waals surface area contributed by atoms with Crippen molar-refractivity contribution >= 4 is 52.3 Å². The predicted molar refractivity (Wildman–Crippen MR) is 78.6 cm³/mol. The van der Waals surface area contributed by atoms with Gasteiger partial charge in [-0.05, 0) is 12.1 Å². The first-order valence-electron chi connectivity index (χ1n) is 5.17. The normalized spacial score (nSPS) is 17.2. The summed E-state index contributed by atoms with van der Waals surface area (Å²) in [4.78, 5) is 11.0. The smallest absolute Gasteiger partial charge is 0.236 e. The summed E-state index contributed by atoms with van der Waals surface area (Å²) >= 11 is 13.2. The maximum Gasteiger partial charge on any atom is 0.236 e. The Bertz CT molecular complexity index is 575. The minimum Gasteiger partial charge on any atom is -0.495 e. The molecule has 100 valence electrons.